The number of aliphatic hydroxyl groups is 2. The van der Waals surface area contributed by atoms with Crippen LogP contribution in [0.5, 0.6) is 5.75 Å². The van der Waals surface area contributed by atoms with Gasteiger partial charge >= 0.3 is 0 Å². The zero-order chi connectivity index (χ0) is 17.8. The summed E-state index contributed by atoms with van der Waals surface area (Å²) in [7, 11) is -8.08. The predicted octanol–water partition coefficient (Wildman–Crippen LogP) is -1.00. The zero-order valence-electron chi connectivity index (χ0n) is 12.3. The van der Waals surface area contributed by atoms with Crippen molar-refractivity contribution >= 4 is 31.2 Å². The van der Waals surface area contributed by atoms with Crippen LogP contribution >= 0.6 is 11.3 Å². The van der Waals surface area contributed by atoms with Crippen LogP contribution in [0.25, 0.3) is 0 Å². The van der Waals surface area contributed by atoms with Gasteiger partial charge in [0.15, 0.2) is 25.6 Å². The lowest BCUT2D eigenvalue weighted by Crippen LogP contribution is -2.42. The minimum atomic E-state index is -4.28. The summed E-state index contributed by atoms with van der Waals surface area (Å²) >= 11 is 0.401. The molecule has 0 saturated carbocycles. The molecular weight excluding hydrogens is 368 g/mol. The fourth-order valence-electron chi connectivity index (χ4n) is 2.37. The smallest absolute Gasteiger partial charge is 0.251 e. The molecular formula is C11H18N2O7S3. The van der Waals surface area contributed by atoms with E-state index >= 15 is 0 Å². The van der Waals surface area contributed by atoms with Crippen molar-refractivity contribution in [1.29, 1.82) is 0 Å². The first-order valence-corrected chi connectivity index (χ1v) is 10.5. The van der Waals surface area contributed by atoms with Crippen molar-refractivity contribution in [2.75, 3.05) is 6.54 Å². The Hall–Kier alpha value is -0.760. The van der Waals surface area contributed by atoms with Crippen molar-refractivity contribution in [2.24, 2.45) is 5.14 Å². The maximum Gasteiger partial charge on any atom is 0.251 e. The van der Waals surface area contributed by atoms with Crippen molar-refractivity contribution in [3.05, 3.63) is 5.56 Å². The number of hydrogen-bond acceptors (Lipinski definition) is 9. The highest BCUT2D eigenvalue weighted by Gasteiger charge is 2.43. The van der Waals surface area contributed by atoms with E-state index in [1.54, 1.807) is 0 Å². The standard InChI is InChI=1S/C11H18N2O7S3/c1-5-3-6(13-4-11(2,15)16)7-8(14)10(23(12,19)20)21-9(7)22(5,17)18/h5-6,13-16H,3-4H2,1-2H3,(H2,12,19,20). The van der Waals surface area contributed by atoms with Crippen LogP contribution in [0.1, 0.15) is 31.9 Å². The van der Waals surface area contributed by atoms with Gasteiger partial charge in [0.2, 0.25) is 0 Å². The summed E-state index contributed by atoms with van der Waals surface area (Å²) in [6, 6.07) is -0.756. The molecule has 132 valence electrons. The molecule has 2 atom stereocenters. The molecule has 1 aromatic heterocycles. The normalized spacial score (nSPS) is 24.4. The van der Waals surface area contributed by atoms with Gasteiger partial charge in [-0.15, -0.1) is 11.3 Å². The molecule has 1 aliphatic rings. The maximum atomic E-state index is 12.4. The fourth-order valence-corrected chi connectivity index (χ4v) is 6.91. The van der Waals surface area contributed by atoms with Gasteiger partial charge in [0.1, 0.15) is 4.21 Å². The van der Waals surface area contributed by atoms with E-state index in [0.717, 1.165) is 6.92 Å². The molecule has 2 unspecified atom stereocenters. The lowest BCUT2D eigenvalue weighted by molar-refractivity contribution is -0.141. The third-order valence-electron chi connectivity index (χ3n) is 3.50. The predicted molar refractivity (Wildman–Crippen MR) is 82.2 cm³/mol. The largest absolute Gasteiger partial charge is 0.505 e. The second-order valence-corrected chi connectivity index (χ2v) is 11.1. The van der Waals surface area contributed by atoms with Gasteiger partial charge in [0.25, 0.3) is 10.0 Å². The molecule has 6 N–H and O–H groups in total. The van der Waals surface area contributed by atoms with Crippen molar-refractivity contribution < 1.29 is 32.2 Å². The second-order valence-electron chi connectivity index (χ2n) is 5.73. The van der Waals surface area contributed by atoms with E-state index in [-0.39, 0.29) is 22.7 Å². The second kappa shape index (κ2) is 5.65. The molecule has 0 aliphatic carbocycles. The maximum absolute atomic E-state index is 12.4. The summed E-state index contributed by atoms with van der Waals surface area (Å²) in [5.74, 6) is -2.76. The van der Waals surface area contributed by atoms with Crippen LogP contribution in [0, 0.1) is 0 Å². The molecule has 9 nitrogen and oxygen atoms in total. The first-order chi connectivity index (χ1) is 10.2. The Morgan fingerprint density at radius 3 is 2.48 bits per heavy atom. The molecule has 1 aliphatic heterocycles. The Bertz CT molecular complexity index is 821. The first kappa shape index (κ1) is 18.6. The highest BCUT2D eigenvalue weighted by molar-refractivity contribution is 7.95. The van der Waals surface area contributed by atoms with E-state index in [1.165, 1.54) is 6.92 Å². The van der Waals surface area contributed by atoms with Crippen LogP contribution in [0.2, 0.25) is 0 Å². The Morgan fingerprint density at radius 1 is 1.43 bits per heavy atom. The Labute approximate surface area is 137 Å². The fraction of sp³-hybridized carbons (Fsp3) is 0.636. The summed E-state index contributed by atoms with van der Waals surface area (Å²) in [5, 5.41) is 35.8. The number of thiophene rings is 1. The Kier molecular flexibility index (Phi) is 4.56. The van der Waals surface area contributed by atoms with Crippen LogP contribution < -0.4 is 10.5 Å². The van der Waals surface area contributed by atoms with Gasteiger partial charge in [-0.1, -0.05) is 0 Å². The number of nitrogens with two attached hydrogens (primary N) is 1. The van der Waals surface area contributed by atoms with Gasteiger partial charge in [-0.2, -0.15) is 0 Å². The van der Waals surface area contributed by atoms with Gasteiger partial charge in [-0.05, 0) is 20.3 Å². The summed E-state index contributed by atoms with van der Waals surface area (Å²) in [4.78, 5) is 0. The van der Waals surface area contributed by atoms with Crippen molar-refractivity contribution in [3.8, 4) is 5.75 Å². The summed E-state index contributed by atoms with van der Waals surface area (Å²) in [6.45, 7) is 2.29. The molecule has 1 aromatic rings. The van der Waals surface area contributed by atoms with Gasteiger partial charge in [-0.25, -0.2) is 22.0 Å². The van der Waals surface area contributed by atoms with Gasteiger partial charge in [0.05, 0.1) is 5.25 Å². The zero-order valence-corrected chi connectivity index (χ0v) is 14.8. The molecule has 0 radical (unpaired) electrons. The van der Waals surface area contributed by atoms with Crippen LogP contribution in [0.3, 0.4) is 0 Å². The number of aromatic hydroxyl groups is 1. The number of primary sulfonamides is 1. The number of sulfone groups is 1. The van der Waals surface area contributed by atoms with Crippen molar-refractivity contribution in [3.63, 3.8) is 0 Å². The summed E-state index contributed by atoms with van der Waals surface area (Å²) in [6.07, 6.45) is 0.0414. The number of rotatable bonds is 4. The van der Waals surface area contributed by atoms with E-state index in [1.807, 2.05) is 0 Å². The molecule has 0 saturated heterocycles. The summed E-state index contributed by atoms with van der Waals surface area (Å²) in [5.41, 5.74) is -0.0959. The van der Waals surface area contributed by atoms with Crippen molar-refractivity contribution in [2.45, 2.75) is 45.8 Å². The van der Waals surface area contributed by atoms with Crippen LogP contribution in [0.15, 0.2) is 8.42 Å². The van der Waals surface area contributed by atoms with Gasteiger partial charge < -0.3 is 20.6 Å². The van der Waals surface area contributed by atoms with Crippen LogP contribution in [0.4, 0.5) is 0 Å². The molecule has 0 bridgehead atoms. The monoisotopic (exact) mass is 386 g/mol. The van der Waals surface area contributed by atoms with E-state index in [4.69, 9.17) is 5.14 Å². The Morgan fingerprint density at radius 2 is 2.00 bits per heavy atom. The number of sulfonamides is 1. The van der Waals surface area contributed by atoms with Gasteiger partial charge in [0, 0.05) is 18.2 Å². The molecule has 2 heterocycles. The lowest BCUT2D eigenvalue weighted by atomic mass is 10.0. The first-order valence-electron chi connectivity index (χ1n) is 6.55. The van der Waals surface area contributed by atoms with Crippen molar-refractivity contribution in [1.82, 2.24) is 5.32 Å². The SMILES string of the molecule is CC1CC(NCC(C)(O)O)c2c(sc(S(N)(=O)=O)c2O)S1(=O)=O. The van der Waals surface area contributed by atoms with E-state index in [2.05, 4.69) is 5.32 Å². The van der Waals surface area contributed by atoms with Crippen LogP contribution in [-0.4, -0.2) is 49.7 Å². The highest BCUT2D eigenvalue weighted by atomic mass is 32.3. The number of fused-ring (bicyclic) bond motifs is 1. The molecule has 0 spiro atoms. The van der Waals surface area contributed by atoms with Gasteiger partial charge in [-0.3, -0.25) is 0 Å². The highest BCUT2D eigenvalue weighted by Crippen LogP contribution is 2.49. The van der Waals surface area contributed by atoms with E-state index < -0.39 is 46.9 Å². The third kappa shape index (κ3) is 3.52. The number of hydrogen-bond donors (Lipinski definition) is 5. The molecule has 0 amide bonds. The Balaban J connectivity index is 2.59. The van der Waals surface area contributed by atoms with E-state index in [9.17, 15) is 32.2 Å². The molecule has 23 heavy (non-hydrogen) atoms. The van der Waals surface area contributed by atoms with E-state index in [0.29, 0.717) is 11.3 Å². The number of nitrogens with one attached hydrogen (secondary N) is 1. The topological polar surface area (TPSA) is 167 Å². The molecule has 0 aromatic carbocycles. The molecule has 12 heteroatoms. The molecule has 0 fully saturated rings. The molecule has 2 rings (SSSR count). The quantitative estimate of drug-likeness (QED) is 0.411. The minimum Gasteiger partial charge on any atom is -0.505 e. The average Bonchev–Trinajstić information content (AvgIpc) is 2.70. The average molecular weight is 386 g/mol. The lowest BCUT2D eigenvalue weighted by Gasteiger charge is -2.30. The third-order valence-corrected chi connectivity index (χ3v) is 8.88. The van der Waals surface area contributed by atoms with Crippen LogP contribution in [-0.2, 0) is 19.9 Å². The minimum absolute atomic E-state index is 0.0414. The summed E-state index contributed by atoms with van der Waals surface area (Å²) < 4.78 is 46.9.